The van der Waals surface area contributed by atoms with E-state index in [0.29, 0.717) is 11.4 Å². The van der Waals surface area contributed by atoms with Crippen molar-refractivity contribution in [2.45, 2.75) is 0 Å². The second kappa shape index (κ2) is 6.57. The van der Waals surface area contributed by atoms with Crippen LogP contribution in [0.3, 0.4) is 0 Å². The lowest BCUT2D eigenvalue weighted by molar-refractivity contribution is 0.0950. The van der Waals surface area contributed by atoms with Crippen molar-refractivity contribution in [2.24, 2.45) is 5.10 Å². The Bertz CT molecular complexity index is 823. The largest absolute Gasteiger partial charge is 0.508 e. The second-order valence-corrected chi connectivity index (χ2v) is 4.82. The molecular formula is C17H14N4O2. The molecule has 0 saturated carbocycles. The highest BCUT2D eigenvalue weighted by molar-refractivity contribution is 5.94. The van der Waals surface area contributed by atoms with Crippen LogP contribution in [-0.4, -0.2) is 27.4 Å². The van der Waals surface area contributed by atoms with Gasteiger partial charge in [0.05, 0.1) is 11.9 Å². The fourth-order valence-electron chi connectivity index (χ4n) is 1.98. The molecular weight excluding hydrogens is 292 g/mol. The lowest BCUT2D eigenvalue weighted by Gasteiger charge is -1.96. The number of carbonyl (C=O) groups excluding carboxylic acids is 1. The number of hydrogen-bond donors (Lipinski definition) is 3. The van der Waals surface area contributed by atoms with E-state index in [1.54, 1.807) is 30.3 Å². The minimum Gasteiger partial charge on any atom is -0.508 e. The first-order valence-corrected chi connectivity index (χ1v) is 6.95. The van der Waals surface area contributed by atoms with Crippen molar-refractivity contribution in [3.63, 3.8) is 0 Å². The molecule has 0 fully saturated rings. The van der Waals surface area contributed by atoms with Crippen LogP contribution in [0, 0.1) is 0 Å². The first-order valence-electron chi connectivity index (χ1n) is 6.95. The van der Waals surface area contributed by atoms with Gasteiger partial charge in [0.25, 0.3) is 5.91 Å². The zero-order chi connectivity index (χ0) is 16.1. The van der Waals surface area contributed by atoms with E-state index in [0.717, 1.165) is 11.1 Å². The predicted octanol–water partition coefficient (Wildman–Crippen LogP) is 2.55. The molecule has 3 N–H and O–H groups in total. The van der Waals surface area contributed by atoms with Crippen molar-refractivity contribution in [3.05, 3.63) is 71.9 Å². The summed E-state index contributed by atoms with van der Waals surface area (Å²) in [6.07, 6.45) is 1.49. The highest BCUT2D eigenvalue weighted by Gasteiger charge is 2.09. The summed E-state index contributed by atoms with van der Waals surface area (Å²) in [6.45, 7) is 0. The van der Waals surface area contributed by atoms with Crippen molar-refractivity contribution in [1.29, 1.82) is 0 Å². The smallest absolute Gasteiger partial charge is 0.289 e. The van der Waals surface area contributed by atoms with Gasteiger partial charge in [0.2, 0.25) is 0 Å². The van der Waals surface area contributed by atoms with Crippen LogP contribution in [0.5, 0.6) is 5.75 Å². The van der Waals surface area contributed by atoms with Crippen LogP contribution in [-0.2, 0) is 0 Å². The van der Waals surface area contributed by atoms with Gasteiger partial charge in [-0.3, -0.25) is 9.89 Å². The molecule has 114 valence electrons. The van der Waals surface area contributed by atoms with Crippen LogP contribution < -0.4 is 5.43 Å². The Hall–Kier alpha value is -3.41. The fourth-order valence-corrected chi connectivity index (χ4v) is 1.98. The van der Waals surface area contributed by atoms with Crippen molar-refractivity contribution >= 4 is 12.1 Å². The summed E-state index contributed by atoms with van der Waals surface area (Å²) in [4.78, 5) is 12.0. The summed E-state index contributed by atoms with van der Waals surface area (Å²) < 4.78 is 0. The minimum atomic E-state index is -0.380. The fraction of sp³-hybridized carbons (Fsp3) is 0. The zero-order valence-electron chi connectivity index (χ0n) is 12.1. The Balaban J connectivity index is 1.65. The van der Waals surface area contributed by atoms with Crippen LogP contribution in [0.4, 0.5) is 0 Å². The standard InChI is InChI=1S/C17H14N4O2/c22-14-8-6-12(7-9-14)11-18-21-17(23)16-10-15(19-20-16)13-4-2-1-3-5-13/h1-11,22H,(H,19,20)(H,21,23)/b18-11+. The molecule has 1 amide bonds. The van der Waals surface area contributed by atoms with Gasteiger partial charge < -0.3 is 5.11 Å². The number of hydrazone groups is 1. The van der Waals surface area contributed by atoms with E-state index in [2.05, 4.69) is 20.7 Å². The van der Waals surface area contributed by atoms with Crippen LogP contribution in [0.15, 0.2) is 65.8 Å². The van der Waals surface area contributed by atoms with E-state index in [4.69, 9.17) is 0 Å². The number of aromatic amines is 1. The van der Waals surface area contributed by atoms with E-state index in [-0.39, 0.29) is 11.7 Å². The SMILES string of the molecule is O=C(N/N=C/c1ccc(O)cc1)c1cc(-c2ccccc2)n[nH]1. The van der Waals surface area contributed by atoms with Gasteiger partial charge in [-0.2, -0.15) is 10.2 Å². The average molecular weight is 306 g/mol. The molecule has 0 aliphatic heterocycles. The van der Waals surface area contributed by atoms with Gasteiger partial charge >= 0.3 is 0 Å². The van der Waals surface area contributed by atoms with Crippen LogP contribution in [0.1, 0.15) is 16.1 Å². The van der Waals surface area contributed by atoms with Crippen LogP contribution in [0.25, 0.3) is 11.3 Å². The second-order valence-electron chi connectivity index (χ2n) is 4.82. The third-order valence-electron chi connectivity index (χ3n) is 3.16. The van der Waals surface area contributed by atoms with Gasteiger partial charge in [0, 0.05) is 5.56 Å². The van der Waals surface area contributed by atoms with Crippen LogP contribution in [0.2, 0.25) is 0 Å². The molecule has 0 aliphatic carbocycles. The highest BCUT2D eigenvalue weighted by atomic mass is 16.3. The highest BCUT2D eigenvalue weighted by Crippen LogP contribution is 2.16. The number of phenols is 1. The number of phenolic OH excluding ortho intramolecular Hbond substituents is 1. The van der Waals surface area contributed by atoms with Crippen molar-refractivity contribution in [1.82, 2.24) is 15.6 Å². The normalized spacial score (nSPS) is 10.8. The molecule has 23 heavy (non-hydrogen) atoms. The molecule has 2 aromatic carbocycles. The quantitative estimate of drug-likeness (QED) is 0.511. The van der Waals surface area contributed by atoms with E-state index in [1.807, 2.05) is 30.3 Å². The van der Waals surface area contributed by atoms with E-state index < -0.39 is 0 Å². The number of amides is 1. The van der Waals surface area contributed by atoms with E-state index in [1.165, 1.54) is 6.21 Å². The summed E-state index contributed by atoms with van der Waals surface area (Å²) in [5.41, 5.74) is 5.13. The molecule has 0 radical (unpaired) electrons. The number of benzene rings is 2. The van der Waals surface area contributed by atoms with Gasteiger partial charge in [-0.15, -0.1) is 0 Å². The molecule has 1 heterocycles. The minimum absolute atomic E-state index is 0.178. The first kappa shape index (κ1) is 14.5. The van der Waals surface area contributed by atoms with Crippen molar-refractivity contribution < 1.29 is 9.90 Å². The molecule has 1 aromatic heterocycles. The number of aromatic nitrogens is 2. The summed E-state index contributed by atoms with van der Waals surface area (Å²) in [6, 6.07) is 17.7. The van der Waals surface area contributed by atoms with E-state index in [9.17, 15) is 9.90 Å². The molecule has 3 aromatic rings. The Morgan fingerprint density at radius 2 is 1.87 bits per heavy atom. The molecule has 0 spiro atoms. The number of nitrogens with zero attached hydrogens (tertiary/aromatic N) is 2. The van der Waals surface area contributed by atoms with Crippen molar-refractivity contribution in [2.75, 3.05) is 0 Å². The molecule has 6 nitrogen and oxygen atoms in total. The molecule has 0 bridgehead atoms. The Kier molecular flexibility index (Phi) is 4.15. The zero-order valence-corrected chi connectivity index (χ0v) is 12.1. The summed E-state index contributed by atoms with van der Waals surface area (Å²) in [5.74, 6) is -0.202. The number of hydrogen-bond acceptors (Lipinski definition) is 4. The van der Waals surface area contributed by atoms with Gasteiger partial charge in [-0.25, -0.2) is 5.43 Å². The maximum atomic E-state index is 12.0. The lowest BCUT2D eigenvalue weighted by Crippen LogP contribution is -2.17. The predicted molar refractivity (Wildman–Crippen MR) is 87.2 cm³/mol. The molecule has 0 unspecified atom stereocenters. The molecule has 6 heteroatoms. The topological polar surface area (TPSA) is 90.4 Å². The van der Waals surface area contributed by atoms with Crippen molar-refractivity contribution in [3.8, 4) is 17.0 Å². The summed E-state index contributed by atoms with van der Waals surface area (Å²) in [5, 5.41) is 19.9. The van der Waals surface area contributed by atoms with Gasteiger partial charge in [-0.1, -0.05) is 30.3 Å². The Morgan fingerprint density at radius 1 is 1.13 bits per heavy atom. The van der Waals surface area contributed by atoms with E-state index >= 15 is 0 Å². The Morgan fingerprint density at radius 3 is 2.61 bits per heavy atom. The molecule has 3 rings (SSSR count). The summed E-state index contributed by atoms with van der Waals surface area (Å²) in [7, 11) is 0. The summed E-state index contributed by atoms with van der Waals surface area (Å²) >= 11 is 0. The number of carbonyl (C=O) groups is 1. The van der Waals surface area contributed by atoms with Crippen LogP contribution >= 0.6 is 0 Å². The number of H-pyrrole nitrogens is 1. The van der Waals surface area contributed by atoms with Gasteiger partial charge in [0.1, 0.15) is 11.4 Å². The molecule has 0 atom stereocenters. The first-order chi connectivity index (χ1) is 11.2. The molecule has 0 aliphatic rings. The maximum Gasteiger partial charge on any atom is 0.289 e. The third kappa shape index (κ3) is 3.62. The third-order valence-corrected chi connectivity index (χ3v) is 3.16. The number of aromatic hydroxyl groups is 1. The van der Waals surface area contributed by atoms with Gasteiger partial charge in [0.15, 0.2) is 0 Å². The monoisotopic (exact) mass is 306 g/mol. The lowest BCUT2D eigenvalue weighted by atomic mass is 10.1. The average Bonchev–Trinajstić information content (AvgIpc) is 3.07. The number of rotatable bonds is 4. The number of nitrogens with one attached hydrogen (secondary N) is 2. The maximum absolute atomic E-state index is 12.0. The molecule has 0 saturated heterocycles. The van der Waals surface area contributed by atoms with Gasteiger partial charge in [-0.05, 0) is 35.9 Å². The Labute approximate surface area is 132 Å².